The number of imidazole rings is 1. The molecular formula is C20H14FN5O. The van der Waals surface area contributed by atoms with E-state index >= 15 is 0 Å². The van der Waals surface area contributed by atoms with E-state index in [1.807, 2.05) is 22.9 Å². The van der Waals surface area contributed by atoms with Gasteiger partial charge in [-0.05, 0) is 36.4 Å². The first-order chi connectivity index (χ1) is 13.3. The van der Waals surface area contributed by atoms with E-state index < -0.39 is 0 Å². The Morgan fingerprint density at radius 1 is 1.04 bits per heavy atom. The highest BCUT2D eigenvalue weighted by Crippen LogP contribution is 2.35. The molecule has 0 radical (unpaired) electrons. The zero-order chi connectivity index (χ0) is 18.2. The van der Waals surface area contributed by atoms with Crippen molar-refractivity contribution < 1.29 is 8.81 Å². The molecule has 0 atom stereocenters. The molecule has 4 heterocycles. The number of halogens is 1. The monoisotopic (exact) mass is 359 g/mol. The van der Waals surface area contributed by atoms with Crippen molar-refractivity contribution in [1.82, 2.24) is 24.5 Å². The first-order valence-electron chi connectivity index (χ1n) is 8.40. The van der Waals surface area contributed by atoms with E-state index in [1.165, 1.54) is 18.5 Å². The summed E-state index contributed by atoms with van der Waals surface area (Å²) in [6.45, 7) is 0.508. The summed E-state index contributed by atoms with van der Waals surface area (Å²) in [6.07, 6.45) is 8.40. The number of nitrogens with one attached hydrogen (secondary N) is 1. The van der Waals surface area contributed by atoms with Crippen molar-refractivity contribution in [3.63, 3.8) is 0 Å². The number of aromatic amines is 1. The zero-order valence-corrected chi connectivity index (χ0v) is 14.1. The molecule has 1 N–H and O–H groups in total. The van der Waals surface area contributed by atoms with E-state index in [9.17, 15) is 4.39 Å². The molecule has 5 rings (SSSR count). The van der Waals surface area contributed by atoms with Crippen LogP contribution in [0.25, 0.3) is 33.5 Å². The summed E-state index contributed by atoms with van der Waals surface area (Å²) in [7, 11) is 0. The highest BCUT2D eigenvalue weighted by Gasteiger charge is 2.18. The van der Waals surface area contributed by atoms with Gasteiger partial charge in [-0.2, -0.15) is 0 Å². The number of hydrogen-bond acceptors (Lipinski definition) is 4. The molecule has 0 saturated carbocycles. The summed E-state index contributed by atoms with van der Waals surface area (Å²) >= 11 is 0. The smallest absolute Gasteiger partial charge is 0.180 e. The number of oxazole rings is 1. The van der Waals surface area contributed by atoms with Gasteiger partial charge in [0.2, 0.25) is 0 Å². The fourth-order valence-corrected chi connectivity index (χ4v) is 3.26. The number of H-pyrrole nitrogens is 1. The summed E-state index contributed by atoms with van der Waals surface area (Å²) in [4.78, 5) is 16.3. The average molecular weight is 359 g/mol. The second-order valence-corrected chi connectivity index (χ2v) is 6.15. The lowest BCUT2D eigenvalue weighted by Crippen LogP contribution is -2.01. The van der Waals surface area contributed by atoms with Crippen molar-refractivity contribution in [2.45, 2.75) is 6.54 Å². The number of hydrogen-bond donors (Lipinski definition) is 1. The maximum absolute atomic E-state index is 13.4. The highest BCUT2D eigenvalue weighted by atomic mass is 19.1. The number of rotatable bonds is 4. The Balaban J connectivity index is 1.74. The van der Waals surface area contributed by atoms with Crippen LogP contribution in [0.1, 0.15) is 5.69 Å². The topological polar surface area (TPSA) is 72.5 Å². The zero-order valence-electron chi connectivity index (χ0n) is 14.1. The van der Waals surface area contributed by atoms with E-state index in [2.05, 4.69) is 19.9 Å². The molecule has 0 aliphatic rings. The molecular weight excluding hydrogens is 345 g/mol. The van der Waals surface area contributed by atoms with Gasteiger partial charge in [-0.3, -0.25) is 0 Å². The summed E-state index contributed by atoms with van der Waals surface area (Å²) in [5.74, 6) is -0.278. The van der Waals surface area contributed by atoms with Crippen molar-refractivity contribution in [3.8, 4) is 22.5 Å². The molecule has 6 nitrogen and oxygen atoms in total. The number of pyridine rings is 1. The first-order valence-corrected chi connectivity index (χ1v) is 8.40. The predicted octanol–water partition coefficient (Wildman–Crippen LogP) is 4.27. The van der Waals surface area contributed by atoms with Crippen LogP contribution in [-0.4, -0.2) is 24.5 Å². The number of fused-ring (bicyclic) bond motifs is 1. The SMILES string of the molecule is Fc1ccc(-c2ncn(Cc3cocn3)c2-c2ccnc3[nH]ccc23)cc1. The second-order valence-electron chi connectivity index (χ2n) is 6.15. The average Bonchev–Trinajstić information content (AvgIpc) is 3.43. The van der Waals surface area contributed by atoms with Crippen LogP contribution in [-0.2, 0) is 6.54 Å². The Kier molecular flexibility index (Phi) is 3.57. The summed E-state index contributed by atoms with van der Waals surface area (Å²) < 4.78 is 20.5. The van der Waals surface area contributed by atoms with Gasteiger partial charge in [-0.1, -0.05) is 0 Å². The highest BCUT2D eigenvalue weighted by molar-refractivity contribution is 5.95. The van der Waals surface area contributed by atoms with E-state index in [1.54, 1.807) is 30.9 Å². The van der Waals surface area contributed by atoms with Gasteiger partial charge in [0.25, 0.3) is 0 Å². The Bertz CT molecular complexity index is 1210. The van der Waals surface area contributed by atoms with E-state index in [-0.39, 0.29) is 5.82 Å². The summed E-state index contributed by atoms with van der Waals surface area (Å²) in [5.41, 5.74) is 5.10. The van der Waals surface area contributed by atoms with Crippen LogP contribution in [0, 0.1) is 5.82 Å². The van der Waals surface area contributed by atoms with Gasteiger partial charge >= 0.3 is 0 Å². The van der Waals surface area contributed by atoms with Crippen LogP contribution in [0.4, 0.5) is 4.39 Å². The van der Waals surface area contributed by atoms with Crippen LogP contribution >= 0.6 is 0 Å². The molecule has 0 spiro atoms. The van der Waals surface area contributed by atoms with Gasteiger partial charge in [0.1, 0.15) is 17.7 Å². The van der Waals surface area contributed by atoms with Gasteiger partial charge in [-0.25, -0.2) is 19.3 Å². The van der Waals surface area contributed by atoms with E-state index in [4.69, 9.17) is 4.42 Å². The second kappa shape index (κ2) is 6.21. The van der Waals surface area contributed by atoms with Crippen LogP contribution in [0.3, 0.4) is 0 Å². The quantitative estimate of drug-likeness (QED) is 0.520. The lowest BCUT2D eigenvalue weighted by Gasteiger charge is -2.11. The molecule has 0 aliphatic heterocycles. The van der Waals surface area contributed by atoms with Crippen molar-refractivity contribution in [2.75, 3.05) is 0 Å². The minimum absolute atomic E-state index is 0.278. The Hall–Kier alpha value is -3.74. The van der Waals surface area contributed by atoms with Gasteiger partial charge in [0, 0.05) is 28.9 Å². The molecule has 0 aliphatic carbocycles. The van der Waals surface area contributed by atoms with E-state index in [0.717, 1.165) is 39.2 Å². The maximum Gasteiger partial charge on any atom is 0.180 e. The molecule has 5 aromatic rings. The molecule has 0 fully saturated rings. The number of aromatic nitrogens is 5. The Morgan fingerprint density at radius 2 is 1.93 bits per heavy atom. The lowest BCUT2D eigenvalue weighted by molar-refractivity contribution is 0.555. The molecule has 7 heteroatoms. The molecule has 1 aromatic carbocycles. The molecule has 0 unspecified atom stereocenters. The molecule has 0 bridgehead atoms. The van der Waals surface area contributed by atoms with E-state index in [0.29, 0.717) is 6.54 Å². The minimum Gasteiger partial charge on any atom is -0.451 e. The number of benzene rings is 1. The van der Waals surface area contributed by atoms with Crippen molar-refractivity contribution in [3.05, 3.63) is 79.3 Å². The third kappa shape index (κ3) is 2.69. The fourth-order valence-electron chi connectivity index (χ4n) is 3.26. The van der Waals surface area contributed by atoms with Crippen LogP contribution < -0.4 is 0 Å². The molecule has 0 saturated heterocycles. The molecule has 27 heavy (non-hydrogen) atoms. The largest absolute Gasteiger partial charge is 0.451 e. The fraction of sp³-hybridized carbons (Fsp3) is 0.0500. The first kappa shape index (κ1) is 15.5. The third-order valence-corrected chi connectivity index (χ3v) is 4.49. The summed E-state index contributed by atoms with van der Waals surface area (Å²) in [5, 5.41) is 0.989. The summed E-state index contributed by atoms with van der Waals surface area (Å²) in [6, 6.07) is 10.3. The van der Waals surface area contributed by atoms with Gasteiger partial charge in [-0.15, -0.1) is 0 Å². The van der Waals surface area contributed by atoms with Crippen LogP contribution in [0.5, 0.6) is 0 Å². The Morgan fingerprint density at radius 3 is 2.74 bits per heavy atom. The maximum atomic E-state index is 13.4. The molecule has 132 valence electrons. The van der Waals surface area contributed by atoms with Crippen LogP contribution in [0.15, 0.2) is 72.2 Å². The van der Waals surface area contributed by atoms with Gasteiger partial charge in [0.05, 0.1) is 30.0 Å². The van der Waals surface area contributed by atoms with Gasteiger partial charge < -0.3 is 14.0 Å². The Labute approximate surface area is 153 Å². The lowest BCUT2D eigenvalue weighted by atomic mass is 10.0. The molecule has 4 aromatic heterocycles. The third-order valence-electron chi connectivity index (χ3n) is 4.49. The van der Waals surface area contributed by atoms with Crippen molar-refractivity contribution in [2.24, 2.45) is 0 Å². The molecule has 0 amide bonds. The van der Waals surface area contributed by atoms with Crippen molar-refractivity contribution in [1.29, 1.82) is 0 Å². The minimum atomic E-state index is -0.278. The van der Waals surface area contributed by atoms with Crippen molar-refractivity contribution >= 4 is 11.0 Å². The standard InChI is InChI=1S/C20H14FN5O/c21-14-3-1-13(2-4-14)18-19(16-5-7-22-20-17(16)6-8-23-20)26(11-24-18)9-15-10-27-12-25-15/h1-8,10-12H,9H2,(H,22,23). The van der Waals surface area contributed by atoms with Crippen LogP contribution in [0.2, 0.25) is 0 Å². The number of nitrogens with zero attached hydrogens (tertiary/aromatic N) is 4. The predicted molar refractivity (Wildman–Crippen MR) is 98.3 cm³/mol. The normalized spacial score (nSPS) is 11.3. The van der Waals surface area contributed by atoms with Gasteiger partial charge in [0.15, 0.2) is 6.39 Å².